The summed E-state index contributed by atoms with van der Waals surface area (Å²) in [6.45, 7) is 0. The summed E-state index contributed by atoms with van der Waals surface area (Å²) in [7, 11) is -3.31. The number of sulfone groups is 1. The fraction of sp³-hybridized carbons (Fsp3) is 0.176. The topological polar surface area (TPSA) is 75.6 Å². The summed E-state index contributed by atoms with van der Waals surface area (Å²) in [5.41, 5.74) is 3.09. The number of benzene rings is 2. The largest absolute Gasteiger partial charge is 0.272 e. The third-order valence-corrected chi connectivity index (χ3v) is 6.42. The molecule has 2 aromatic carbocycles. The van der Waals surface area contributed by atoms with Crippen LogP contribution in [0.2, 0.25) is 5.02 Å². The number of halogens is 1. The minimum atomic E-state index is -3.31. The van der Waals surface area contributed by atoms with Crippen LogP contribution in [0.15, 0.2) is 64.6 Å². The Morgan fingerprint density at radius 3 is 2.52 bits per heavy atom. The van der Waals surface area contributed by atoms with Gasteiger partial charge in [0.1, 0.15) is 0 Å². The molecule has 0 aliphatic rings. The van der Waals surface area contributed by atoms with Crippen LogP contribution in [0.4, 0.5) is 0 Å². The Morgan fingerprint density at radius 2 is 1.80 bits per heavy atom. The van der Waals surface area contributed by atoms with E-state index in [2.05, 4.69) is 10.5 Å². The van der Waals surface area contributed by atoms with Crippen molar-refractivity contribution in [2.45, 2.75) is 4.90 Å². The van der Waals surface area contributed by atoms with E-state index in [0.717, 1.165) is 0 Å². The number of hydrazone groups is 1. The quantitative estimate of drug-likeness (QED) is 0.423. The lowest BCUT2D eigenvalue weighted by molar-refractivity contribution is -0.118. The molecule has 5 nitrogen and oxygen atoms in total. The van der Waals surface area contributed by atoms with Gasteiger partial charge >= 0.3 is 0 Å². The molecule has 0 bridgehead atoms. The van der Waals surface area contributed by atoms with Crippen molar-refractivity contribution in [3.63, 3.8) is 0 Å². The van der Waals surface area contributed by atoms with E-state index in [4.69, 9.17) is 11.6 Å². The Hall–Kier alpha value is -1.83. The number of hydrogen-bond donors (Lipinski definition) is 1. The van der Waals surface area contributed by atoms with Gasteiger partial charge in [0, 0.05) is 16.3 Å². The maximum Gasteiger partial charge on any atom is 0.250 e. The van der Waals surface area contributed by atoms with Crippen molar-refractivity contribution in [1.82, 2.24) is 5.43 Å². The molecule has 0 aliphatic heterocycles. The van der Waals surface area contributed by atoms with Crippen LogP contribution >= 0.6 is 23.4 Å². The molecule has 0 aromatic heterocycles. The maximum absolute atomic E-state index is 12.1. The molecule has 0 atom stereocenters. The molecule has 0 spiro atoms. The predicted molar refractivity (Wildman–Crippen MR) is 103 cm³/mol. The lowest BCUT2D eigenvalue weighted by Gasteiger charge is -2.04. The fourth-order valence-electron chi connectivity index (χ4n) is 1.87. The first-order valence-corrected chi connectivity index (χ1v) is 10.6. The first-order valence-electron chi connectivity index (χ1n) is 7.41. The highest BCUT2D eigenvalue weighted by Crippen LogP contribution is 2.13. The number of nitrogens with one attached hydrogen (secondary N) is 1. The van der Waals surface area contributed by atoms with Crippen molar-refractivity contribution in [2.24, 2.45) is 5.10 Å². The monoisotopic (exact) mass is 396 g/mol. The minimum Gasteiger partial charge on any atom is -0.272 e. The number of thioether (sulfide) groups is 1. The fourth-order valence-corrected chi connectivity index (χ4v) is 4.60. The van der Waals surface area contributed by atoms with E-state index < -0.39 is 9.84 Å². The minimum absolute atomic E-state index is 0.0160. The molecule has 0 saturated carbocycles. The Bertz CT molecular complexity index is 840. The second-order valence-electron chi connectivity index (χ2n) is 5.00. The second kappa shape index (κ2) is 9.60. The predicted octanol–water partition coefficient (Wildman–Crippen LogP) is 3.00. The van der Waals surface area contributed by atoms with E-state index >= 15 is 0 Å². The SMILES string of the molecule is O=C(CSCCS(=O)(=O)c1ccccc1)N/N=C/c1ccccc1Cl. The zero-order valence-corrected chi connectivity index (χ0v) is 15.7. The van der Waals surface area contributed by atoms with Crippen LogP contribution in [-0.2, 0) is 14.6 Å². The standard InChI is InChI=1S/C17H17ClN2O3S2/c18-16-9-5-4-6-14(16)12-19-20-17(21)13-24-10-11-25(22,23)15-7-2-1-3-8-15/h1-9,12H,10-11,13H2,(H,20,21)/b19-12+. The average Bonchev–Trinajstić information content (AvgIpc) is 2.61. The Balaban J connectivity index is 1.71. The van der Waals surface area contributed by atoms with Gasteiger partial charge in [0.2, 0.25) is 5.91 Å². The second-order valence-corrected chi connectivity index (χ2v) is 8.62. The molecule has 8 heteroatoms. The molecule has 25 heavy (non-hydrogen) atoms. The Labute approximate surface area is 156 Å². The normalized spacial score (nSPS) is 11.6. The van der Waals surface area contributed by atoms with Crippen LogP contribution in [0.1, 0.15) is 5.56 Å². The van der Waals surface area contributed by atoms with Crippen LogP contribution in [0.3, 0.4) is 0 Å². The molecule has 0 radical (unpaired) electrons. The molecule has 1 N–H and O–H groups in total. The van der Waals surface area contributed by atoms with Gasteiger partial charge in [0.05, 0.1) is 22.6 Å². The van der Waals surface area contributed by atoms with Crippen molar-refractivity contribution < 1.29 is 13.2 Å². The molecule has 2 rings (SSSR count). The molecule has 1 amide bonds. The van der Waals surface area contributed by atoms with E-state index in [1.165, 1.54) is 18.0 Å². The van der Waals surface area contributed by atoms with Gasteiger partial charge in [0.25, 0.3) is 0 Å². The van der Waals surface area contributed by atoms with Gasteiger partial charge in [-0.15, -0.1) is 0 Å². The smallest absolute Gasteiger partial charge is 0.250 e. The lowest BCUT2D eigenvalue weighted by atomic mass is 10.2. The van der Waals surface area contributed by atoms with Gasteiger partial charge in [-0.3, -0.25) is 4.79 Å². The van der Waals surface area contributed by atoms with Crippen molar-refractivity contribution in [3.05, 3.63) is 65.2 Å². The van der Waals surface area contributed by atoms with Crippen molar-refractivity contribution in [2.75, 3.05) is 17.3 Å². The van der Waals surface area contributed by atoms with Gasteiger partial charge < -0.3 is 0 Å². The highest BCUT2D eigenvalue weighted by atomic mass is 35.5. The zero-order chi connectivity index (χ0) is 18.1. The third kappa shape index (κ3) is 6.53. The van der Waals surface area contributed by atoms with Gasteiger partial charge in [-0.25, -0.2) is 13.8 Å². The summed E-state index contributed by atoms with van der Waals surface area (Å²) in [4.78, 5) is 12.0. The molecule has 0 heterocycles. The molecule has 132 valence electrons. The molecule has 0 unspecified atom stereocenters. The van der Waals surface area contributed by atoms with Crippen LogP contribution < -0.4 is 5.43 Å². The van der Waals surface area contributed by atoms with Crippen molar-refractivity contribution >= 4 is 45.3 Å². The summed E-state index contributed by atoms with van der Waals surface area (Å²) in [5, 5.41) is 4.38. The number of carbonyl (C=O) groups is 1. The van der Waals surface area contributed by atoms with Crippen LogP contribution in [0, 0.1) is 0 Å². The van der Waals surface area contributed by atoms with E-state index in [1.807, 2.05) is 6.07 Å². The van der Waals surface area contributed by atoms with E-state index in [9.17, 15) is 13.2 Å². The van der Waals surface area contributed by atoms with Crippen molar-refractivity contribution in [3.8, 4) is 0 Å². The summed E-state index contributed by atoms with van der Waals surface area (Å²) in [6.07, 6.45) is 1.46. The molecular formula is C17H17ClN2O3S2. The number of amides is 1. The zero-order valence-electron chi connectivity index (χ0n) is 13.3. The van der Waals surface area contributed by atoms with Gasteiger partial charge in [-0.05, 0) is 18.2 Å². The van der Waals surface area contributed by atoms with Gasteiger partial charge in [-0.2, -0.15) is 16.9 Å². The molecule has 0 saturated heterocycles. The summed E-state index contributed by atoms with van der Waals surface area (Å²) >= 11 is 7.21. The lowest BCUT2D eigenvalue weighted by Crippen LogP contribution is -2.20. The van der Waals surface area contributed by atoms with Gasteiger partial charge in [0.15, 0.2) is 9.84 Å². The molecule has 0 aliphatic carbocycles. The van der Waals surface area contributed by atoms with E-state index in [0.29, 0.717) is 21.2 Å². The average molecular weight is 397 g/mol. The summed E-state index contributed by atoms with van der Waals surface area (Å²) < 4.78 is 24.2. The van der Waals surface area contributed by atoms with Crippen LogP contribution in [0.5, 0.6) is 0 Å². The van der Waals surface area contributed by atoms with Crippen LogP contribution in [0.25, 0.3) is 0 Å². The first-order chi connectivity index (χ1) is 12.0. The van der Waals surface area contributed by atoms with Gasteiger partial charge in [-0.1, -0.05) is 48.0 Å². The Kier molecular flexibility index (Phi) is 7.49. The molecule has 2 aromatic rings. The molecule has 0 fully saturated rings. The van der Waals surface area contributed by atoms with E-state index in [-0.39, 0.29) is 17.4 Å². The number of carbonyl (C=O) groups excluding carboxylic acids is 1. The number of hydrogen-bond acceptors (Lipinski definition) is 5. The number of rotatable bonds is 8. The third-order valence-electron chi connectivity index (χ3n) is 3.13. The van der Waals surface area contributed by atoms with E-state index in [1.54, 1.807) is 48.5 Å². The highest BCUT2D eigenvalue weighted by Gasteiger charge is 2.13. The molecular weight excluding hydrogens is 380 g/mol. The Morgan fingerprint density at radius 1 is 1.12 bits per heavy atom. The first kappa shape index (κ1) is 19.5. The maximum atomic E-state index is 12.1. The summed E-state index contributed by atoms with van der Waals surface area (Å²) in [6, 6.07) is 15.4. The van der Waals surface area contributed by atoms with Crippen molar-refractivity contribution in [1.29, 1.82) is 0 Å². The number of nitrogens with zero attached hydrogens (tertiary/aromatic N) is 1. The van der Waals surface area contributed by atoms with Crippen LogP contribution in [-0.4, -0.2) is 37.8 Å². The summed E-state index contributed by atoms with van der Waals surface area (Å²) in [5.74, 6) is 0.145. The highest BCUT2D eigenvalue weighted by molar-refractivity contribution is 8.01.